The van der Waals surface area contributed by atoms with Crippen LogP contribution in [0.1, 0.15) is 36.5 Å². The van der Waals surface area contributed by atoms with Crippen molar-refractivity contribution in [2.75, 3.05) is 18.9 Å². The highest BCUT2D eigenvalue weighted by Crippen LogP contribution is 2.15. The minimum absolute atomic E-state index is 0.0673. The monoisotopic (exact) mass is 313 g/mol. The Bertz CT molecular complexity index is 606. The van der Waals surface area contributed by atoms with Gasteiger partial charge in [-0.25, -0.2) is 0 Å². The highest BCUT2D eigenvalue weighted by molar-refractivity contribution is 5.94. The van der Waals surface area contributed by atoms with Gasteiger partial charge in [-0.2, -0.15) is 0 Å². The third kappa shape index (κ3) is 6.02. The van der Waals surface area contributed by atoms with Gasteiger partial charge in [0, 0.05) is 11.3 Å². The fourth-order valence-corrected chi connectivity index (χ4v) is 2.11. The second-order valence-electron chi connectivity index (χ2n) is 5.41. The number of carbonyl (C=O) groups is 1. The van der Waals surface area contributed by atoms with E-state index < -0.39 is 0 Å². The minimum Gasteiger partial charge on any atom is -0.494 e. The third-order valence-electron chi connectivity index (χ3n) is 3.47. The Morgan fingerprint density at radius 3 is 1.78 bits per heavy atom. The molecule has 0 heterocycles. The van der Waals surface area contributed by atoms with Crippen LogP contribution < -0.4 is 15.2 Å². The summed E-state index contributed by atoms with van der Waals surface area (Å²) >= 11 is 0. The number of ether oxygens (including phenoxy) is 2. The summed E-state index contributed by atoms with van der Waals surface area (Å²) in [7, 11) is 0. The first-order valence-corrected chi connectivity index (χ1v) is 7.87. The average Bonchev–Trinajstić information content (AvgIpc) is 2.56. The summed E-state index contributed by atoms with van der Waals surface area (Å²) in [6.07, 6.45) is 3.00. The van der Waals surface area contributed by atoms with Crippen molar-refractivity contribution in [1.29, 1.82) is 0 Å². The number of nitrogen functional groups attached to an aromatic ring is 1. The standard InChI is InChI=1S/C19H23NO3/c1-15(21)16-5-9-18(10-6-16)22-13-3-2-4-14-23-19-11-7-17(20)8-12-19/h5-12H,2-4,13-14,20H2,1H3. The van der Waals surface area contributed by atoms with Crippen molar-refractivity contribution >= 4 is 11.5 Å². The highest BCUT2D eigenvalue weighted by atomic mass is 16.5. The highest BCUT2D eigenvalue weighted by Gasteiger charge is 1.99. The number of rotatable bonds is 9. The predicted octanol–water partition coefficient (Wildman–Crippen LogP) is 4.10. The van der Waals surface area contributed by atoms with E-state index in [1.807, 2.05) is 36.4 Å². The van der Waals surface area contributed by atoms with Crippen LogP contribution in [0.15, 0.2) is 48.5 Å². The molecule has 0 aliphatic carbocycles. The van der Waals surface area contributed by atoms with Crippen LogP contribution >= 0.6 is 0 Å². The van der Waals surface area contributed by atoms with Crippen LogP contribution in [0.5, 0.6) is 11.5 Å². The van der Waals surface area contributed by atoms with Gasteiger partial charge in [-0.15, -0.1) is 0 Å². The zero-order chi connectivity index (χ0) is 16.5. The summed E-state index contributed by atoms with van der Waals surface area (Å²) in [6, 6.07) is 14.7. The van der Waals surface area contributed by atoms with Crippen LogP contribution in [0, 0.1) is 0 Å². The van der Waals surface area contributed by atoms with Crippen molar-refractivity contribution < 1.29 is 14.3 Å². The van der Waals surface area contributed by atoms with Crippen LogP contribution in [0.3, 0.4) is 0 Å². The summed E-state index contributed by atoms with van der Waals surface area (Å²) in [5.74, 6) is 1.71. The molecule has 4 heteroatoms. The molecule has 122 valence electrons. The number of benzene rings is 2. The summed E-state index contributed by atoms with van der Waals surface area (Å²) in [4.78, 5) is 11.2. The van der Waals surface area contributed by atoms with Crippen molar-refractivity contribution in [1.82, 2.24) is 0 Å². The van der Waals surface area contributed by atoms with Crippen LogP contribution in [0.4, 0.5) is 5.69 Å². The third-order valence-corrected chi connectivity index (χ3v) is 3.47. The van der Waals surface area contributed by atoms with Gasteiger partial charge in [0.2, 0.25) is 0 Å². The fraction of sp³-hybridized carbons (Fsp3) is 0.316. The number of Topliss-reactive ketones (excluding diaryl/α,β-unsaturated/α-hetero) is 1. The first-order chi connectivity index (χ1) is 11.1. The lowest BCUT2D eigenvalue weighted by atomic mass is 10.1. The smallest absolute Gasteiger partial charge is 0.159 e. The molecule has 0 unspecified atom stereocenters. The summed E-state index contributed by atoms with van der Waals surface area (Å²) in [5.41, 5.74) is 7.07. The average molecular weight is 313 g/mol. The fourth-order valence-electron chi connectivity index (χ4n) is 2.11. The molecule has 23 heavy (non-hydrogen) atoms. The molecule has 2 aromatic rings. The van der Waals surface area contributed by atoms with Crippen molar-refractivity contribution in [3.63, 3.8) is 0 Å². The maximum absolute atomic E-state index is 11.2. The Balaban J connectivity index is 1.55. The van der Waals surface area contributed by atoms with E-state index in [1.54, 1.807) is 19.1 Å². The lowest BCUT2D eigenvalue weighted by Gasteiger charge is -2.08. The number of hydrogen-bond donors (Lipinski definition) is 1. The Kier molecular flexibility index (Phi) is 6.48. The summed E-state index contributed by atoms with van der Waals surface area (Å²) < 4.78 is 11.3. The zero-order valence-corrected chi connectivity index (χ0v) is 13.5. The number of carbonyl (C=O) groups excluding carboxylic acids is 1. The molecule has 2 aromatic carbocycles. The Hall–Kier alpha value is -2.49. The second kappa shape index (κ2) is 8.83. The lowest BCUT2D eigenvalue weighted by Crippen LogP contribution is -2.01. The van der Waals surface area contributed by atoms with E-state index in [9.17, 15) is 4.79 Å². The Morgan fingerprint density at radius 1 is 0.826 bits per heavy atom. The Labute approximate surface area is 137 Å². The van der Waals surface area contributed by atoms with Gasteiger partial charge < -0.3 is 15.2 Å². The van der Waals surface area contributed by atoms with E-state index in [1.165, 1.54) is 0 Å². The normalized spacial score (nSPS) is 10.3. The first kappa shape index (κ1) is 16.9. The molecule has 4 nitrogen and oxygen atoms in total. The van der Waals surface area contributed by atoms with Gasteiger partial charge in [0.05, 0.1) is 13.2 Å². The number of hydrogen-bond acceptors (Lipinski definition) is 4. The first-order valence-electron chi connectivity index (χ1n) is 7.87. The maximum Gasteiger partial charge on any atom is 0.159 e. The molecular formula is C19H23NO3. The molecule has 0 aliphatic rings. The molecule has 0 aliphatic heterocycles. The van der Waals surface area contributed by atoms with E-state index in [0.717, 1.165) is 36.4 Å². The molecule has 0 atom stereocenters. The van der Waals surface area contributed by atoms with Gasteiger partial charge in [0.25, 0.3) is 0 Å². The molecule has 2 N–H and O–H groups in total. The quantitative estimate of drug-likeness (QED) is 0.430. The van der Waals surface area contributed by atoms with Gasteiger partial charge in [0.15, 0.2) is 5.78 Å². The molecular weight excluding hydrogens is 290 g/mol. The summed E-state index contributed by atoms with van der Waals surface area (Å²) in [5, 5.41) is 0. The topological polar surface area (TPSA) is 61.5 Å². The van der Waals surface area contributed by atoms with Crippen molar-refractivity contribution in [3.05, 3.63) is 54.1 Å². The van der Waals surface area contributed by atoms with Crippen LogP contribution in [-0.4, -0.2) is 19.0 Å². The molecule has 0 bridgehead atoms. The SMILES string of the molecule is CC(=O)c1ccc(OCCCCCOc2ccc(N)cc2)cc1. The minimum atomic E-state index is 0.0673. The van der Waals surface area contributed by atoms with E-state index in [-0.39, 0.29) is 5.78 Å². The number of nitrogens with two attached hydrogens (primary N) is 1. The van der Waals surface area contributed by atoms with E-state index >= 15 is 0 Å². The van der Waals surface area contributed by atoms with Crippen LogP contribution in [0.2, 0.25) is 0 Å². The van der Waals surface area contributed by atoms with Gasteiger partial charge in [-0.05, 0) is 74.7 Å². The molecule has 0 saturated carbocycles. The second-order valence-corrected chi connectivity index (χ2v) is 5.41. The predicted molar refractivity (Wildman–Crippen MR) is 92.1 cm³/mol. The number of unbranched alkanes of at least 4 members (excludes halogenated alkanes) is 2. The molecule has 2 rings (SSSR count). The van der Waals surface area contributed by atoms with E-state index in [4.69, 9.17) is 15.2 Å². The summed E-state index contributed by atoms with van der Waals surface area (Å²) in [6.45, 7) is 2.92. The van der Waals surface area contributed by atoms with Crippen molar-refractivity contribution in [2.45, 2.75) is 26.2 Å². The van der Waals surface area contributed by atoms with Crippen LogP contribution in [-0.2, 0) is 0 Å². The molecule has 0 amide bonds. The molecule has 0 aromatic heterocycles. The molecule has 0 spiro atoms. The number of ketones is 1. The molecule has 0 saturated heterocycles. The van der Waals surface area contributed by atoms with E-state index in [0.29, 0.717) is 18.8 Å². The van der Waals surface area contributed by atoms with E-state index in [2.05, 4.69) is 0 Å². The molecule has 0 radical (unpaired) electrons. The lowest BCUT2D eigenvalue weighted by molar-refractivity contribution is 0.101. The van der Waals surface area contributed by atoms with Crippen molar-refractivity contribution in [3.8, 4) is 11.5 Å². The maximum atomic E-state index is 11.2. The number of anilines is 1. The van der Waals surface area contributed by atoms with Gasteiger partial charge in [-0.1, -0.05) is 0 Å². The van der Waals surface area contributed by atoms with Gasteiger partial charge in [-0.3, -0.25) is 4.79 Å². The van der Waals surface area contributed by atoms with Crippen LogP contribution in [0.25, 0.3) is 0 Å². The van der Waals surface area contributed by atoms with Gasteiger partial charge >= 0.3 is 0 Å². The van der Waals surface area contributed by atoms with Crippen molar-refractivity contribution in [2.24, 2.45) is 0 Å². The largest absolute Gasteiger partial charge is 0.494 e. The molecule has 0 fully saturated rings. The van der Waals surface area contributed by atoms with Gasteiger partial charge in [0.1, 0.15) is 11.5 Å². The zero-order valence-electron chi connectivity index (χ0n) is 13.5. The Morgan fingerprint density at radius 2 is 1.30 bits per heavy atom.